The normalized spacial score (nSPS) is 14.7. The summed E-state index contributed by atoms with van der Waals surface area (Å²) < 4.78 is 27.5. The maximum atomic E-state index is 13.2. The Labute approximate surface area is 181 Å². The van der Waals surface area contributed by atoms with Crippen molar-refractivity contribution in [1.29, 1.82) is 0 Å². The number of benzene rings is 2. The molecular weight excluding hydrogens is 416 g/mol. The molecule has 1 aliphatic heterocycles. The molecule has 0 spiro atoms. The average molecular weight is 441 g/mol. The van der Waals surface area contributed by atoms with Gasteiger partial charge in [0.2, 0.25) is 10.0 Å². The Morgan fingerprint density at radius 2 is 1.67 bits per heavy atom. The Morgan fingerprint density at radius 3 is 2.40 bits per heavy atom. The quantitative estimate of drug-likeness (QED) is 0.568. The van der Waals surface area contributed by atoms with Crippen LogP contribution in [-0.2, 0) is 16.6 Å². The third kappa shape index (κ3) is 4.05. The zero-order valence-electron chi connectivity index (χ0n) is 16.8. The summed E-state index contributed by atoms with van der Waals surface area (Å²) in [4.78, 5) is 15.2. The van der Waals surface area contributed by atoms with E-state index in [4.69, 9.17) is 0 Å². The molecule has 30 heavy (non-hydrogen) atoms. The minimum Gasteiger partial charge on any atom is -0.337 e. The van der Waals surface area contributed by atoms with Gasteiger partial charge in [0, 0.05) is 26.7 Å². The van der Waals surface area contributed by atoms with E-state index in [0.29, 0.717) is 19.6 Å². The molecule has 0 unspecified atom stereocenters. The van der Waals surface area contributed by atoms with E-state index in [-0.39, 0.29) is 15.7 Å². The summed E-state index contributed by atoms with van der Waals surface area (Å²) in [6, 6.07) is 19.6. The lowest BCUT2D eigenvalue weighted by Crippen LogP contribution is -2.31. The van der Waals surface area contributed by atoms with Gasteiger partial charge in [-0.15, -0.1) is 11.3 Å². The molecule has 7 heteroatoms. The molecule has 0 N–H and O–H groups in total. The van der Waals surface area contributed by atoms with Crippen molar-refractivity contribution in [2.75, 3.05) is 20.1 Å². The second-order valence-corrected chi connectivity index (χ2v) is 10.2. The summed E-state index contributed by atoms with van der Waals surface area (Å²) in [7, 11) is -1.91. The van der Waals surface area contributed by atoms with Crippen molar-refractivity contribution in [2.45, 2.75) is 24.3 Å². The van der Waals surface area contributed by atoms with Crippen LogP contribution in [0.15, 0.2) is 70.9 Å². The fourth-order valence-electron chi connectivity index (χ4n) is 3.78. The minimum absolute atomic E-state index is 0.127. The molecule has 4 rings (SSSR count). The fourth-order valence-corrected chi connectivity index (χ4v) is 6.69. The smallest absolute Gasteiger partial charge is 0.265 e. The van der Waals surface area contributed by atoms with Crippen molar-refractivity contribution in [3.05, 3.63) is 76.5 Å². The molecule has 2 heterocycles. The van der Waals surface area contributed by atoms with Crippen LogP contribution in [0.4, 0.5) is 0 Å². The first-order valence-corrected chi connectivity index (χ1v) is 12.3. The number of amides is 1. The molecule has 0 atom stereocenters. The van der Waals surface area contributed by atoms with Crippen molar-refractivity contribution in [1.82, 2.24) is 9.21 Å². The molecule has 3 aromatic rings. The van der Waals surface area contributed by atoms with Crippen LogP contribution in [0.25, 0.3) is 11.1 Å². The lowest BCUT2D eigenvalue weighted by Gasteiger charge is -2.21. The number of hydrogen-bond donors (Lipinski definition) is 0. The highest BCUT2D eigenvalue weighted by molar-refractivity contribution is 7.89. The van der Waals surface area contributed by atoms with Crippen LogP contribution in [-0.4, -0.2) is 43.7 Å². The van der Waals surface area contributed by atoms with Crippen LogP contribution in [0, 0.1) is 0 Å². The minimum atomic E-state index is -3.63. The lowest BCUT2D eigenvalue weighted by molar-refractivity contribution is 0.0786. The highest BCUT2D eigenvalue weighted by Crippen LogP contribution is 2.30. The van der Waals surface area contributed by atoms with Gasteiger partial charge in [0.25, 0.3) is 5.91 Å². The van der Waals surface area contributed by atoms with Crippen LogP contribution >= 0.6 is 11.3 Å². The number of sulfonamides is 1. The van der Waals surface area contributed by atoms with Gasteiger partial charge in [-0.2, -0.15) is 4.31 Å². The number of carbonyl (C=O) groups is 1. The van der Waals surface area contributed by atoms with Crippen molar-refractivity contribution in [2.24, 2.45) is 0 Å². The van der Waals surface area contributed by atoms with Gasteiger partial charge in [-0.05, 0) is 41.0 Å². The van der Waals surface area contributed by atoms with Gasteiger partial charge in [0.15, 0.2) is 0 Å². The van der Waals surface area contributed by atoms with E-state index in [2.05, 4.69) is 0 Å². The van der Waals surface area contributed by atoms with Crippen molar-refractivity contribution in [3.63, 3.8) is 0 Å². The molecular formula is C23H24N2O3S2. The summed E-state index contributed by atoms with van der Waals surface area (Å²) in [6.07, 6.45) is 1.73. The first kappa shape index (κ1) is 20.8. The Hall–Kier alpha value is -2.48. The summed E-state index contributed by atoms with van der Waals surface area (Å²) in [6.45, 7) is 1.43. The van der Waals surface area contributed by atoms with Gasteiger partial charge >= 0.3 is 0 Å². The van der Waals surface area contributed by atoms with Crippen LogP contribution < -0.4 is 0 Å². The van der Waals surface area contributed by atoms with Gasteiger partial charge in [0.1, 0.15) is 9.77 Å². The van der Waals surface area contributed by atoms with Crippen molar-refractivity contribution in [3.8, 4) is 11.1 Å². The third-order valence-corrected chi connectivity index (χ3v) is 8.34. The van der Waals surface area contributed by atoms with Crippen LogP contribution in [0.1, 0.15) is 28.1 Å². The van der Waals surface area contributed by atoms with E-state index in [0.717, 1.165) is 29.5 Å². The van der Waals surface area contributed by atoms with Crippen LogP contribution in [0.2, 0.25) is 0 Å². The summed E-state index contributed by atoms with van der Waals surface area (Å²) in [5, 5.41) is 1.68. The molecule has 0 bridgehead atoms. The van der Waals surface area contributed by atoms with E-state index in [9.17, 15) is 13.2 Å². The van der Waals surface area contributed by atoms with Gasteiger partial charge in [0.05, 0.1) is 0 Å². The van der Waals surface area contributed by atoms with Gasteiger partial charge in [-0.1, -0.05) is 54.6 Å². The highest BCUT2D eigenvalue weighted by Gasteiger charge is 2.32. The summed E-state index contributed by atoms with van der Waals surface area (Å²) in [5.74, 6) is -0.273. The summed E-state index contributed by atoms with van der Waals surface area (Å²) >= 11 is 1.19. The van der Waals surface area contributed by atoms with Crippen molar-refractivity contribution < 1.29 is 13.2 Å². The molecule has 0 saturated carbocycles. The number of carbonyl (C=O) groups excluding carboxylic acids is 1. The zero-order chi connectivity index (χ0) is 21.1. The molecule has 1 aromatic heterocycles. The SMILES string of the molecule is CN(Cc1ccccc1-c1ccccc1)C(=O)c1sccc1S(=O)(=O)N1CCCC1. The summed E-state index contributed by atoms with van der Waals surface area (Å²) in [5.41, 5.74) is 3.16. The number of rotatable bonds is 6. The topological polar surface area (TPSA) is 57.7 Å². The molecule has 2 aromatic carbocycles. The van der Waals surface area contributed by atoms with E-state index in [1.54, 1.807) is 23.4 Å². The average Bonchev–Trinajstić information content (AvgIpc) is 3.47. The third-order valence-electron chi connectivity index (χ3n) is 5.36. The number of hydrogen-bond acceptors (Lipinski definition) is 4. The monoisotopic (exact) mass is 440 g/mol. The van der Waals surface area contributed by atoms with Crippen molar-refractivity contribution >= 4 is 27.3 Å². The molecule has 1 amide bonds. The molecule has 1 aliphatic rings. The second kappa shape index (κ2) is 8.71. The van der Waals surface area contributed by atoms with Crippen LogP contribution in [0.5, 0.6) is 0 Å². The molecule has 0 aliphatic carbocycles. The second-order valence-electron chi connectivity index (χ2n) is 7.41. The van der Waals surface area contributed by atoms with Gasteiger partial charge < -0.3 is 4.90 Å². The molecule has 0 radical (unpaired) electrons. The van der Waals surface area contributed by atoms with Gasteiger partial charge in [-0.3, -0.25) is 4.79 Å². The van der Waals surface area contributed by atoms with E-state index >= 15 is 0 Å². The molecule has 156 valence electrons. The standard InChI is InChI=1S/C23H24N2O3S2/c1-24(17-19-11-5-6-12-20(19)18-9-3-2-4-10-18)23(26)22-21(13-16-29-22)30(27,28)25-14-7-8-15-25/h2-6,9-13,16H,7-8,14-15,17H2,1H3. The predicted octanol–water partition coefficient (Wildman–Crippen LogP) is 4.47. The highest BCUT2D eigenvalue weighted by atomic mass is 32.2. The molecule has 5 nitrogen and oxygen atoms in total. The molecule has 1 fully saturated rings. The maximum Gasteiger partial charge on any atom is 0.265 e. The zero-order valence-corrected chi connectivity index (χ0v) is 18.5. The lowest BCUT2D eigenvalue weighted by atomic mass is 9.99. The Morgan fingerprint density at radius 1 is 1.00 bits per heavy atom. The van der Waals surface area contributed by atoms with E-state index < -0.39 is 10.0 Å². The number of nitrogens with zero attached hydrogens (tertiary/aromatic N) is 2. The maximum absolute atomic E-state index is 13.2. The first-order valence-electron chi connectivity index (χ1n) is 9.95. The Kier molecular flexibility index (Phi) is 6.04. The Balaban J connectivity index is 1.59. The van der Waals surface area contributed by atoms with Gasteiger partial charge in [-0.25, -0.2) is 8.42 Å². The largest absolute Gasteiger partial charge is 0.337 e. The van der Waals surface area contributed by atoms with Crippen LogP contribution in [0.3, 0.4) is 0 Å². The Bertz CT molecular complexity index is 1130. The fraction of sp³-hybridized carbons (Fsp3) is 0.261. The van der Waals surface area contributed by atoms with E-state index in [1.165, 1.54) is 15.6 Å². The molecule has 1 saturated heterocycles. The first-order chi connectivity index (χ1) is 14.5. The number of thiophene rings is 1. The predicted molar refractivity (Wildman–Crippen MR) is 120 cm³/mol. The van der Waals surface area contributed by atoms with E-state index in [1.807, 2.05) is 54.6 Å².